The SMILES string of the molecule is O=C(O)c1ccc([C@@H]2Nc3c(F)cc(F)cc3[C@@H]3[C@H]4CC[C@@H](C4)[C@@H]32)cc1. The van der Waals surface area contributed by atoms with Crippen LogP contribution in [0, 0.1) is 29.4 Å². The predicted octanol–water partition coefficient (Wildman–Crippen LogP) is 4.96. The van der Waals surface area contributed by atoms with E-state index in [9.17, 15) is 13.6 Å². The van der Waals surface area contributed by atoms with Gasteiger partial charge in [-0.2, -0.15) is 0 Å². The van der Waals surface area contributed by atoms with E-state index in [1.807, 2.05) is 12.1 Å². The van der Waals surface area contributed by atoms with Crippen LogP contribution < -0.4 is 5.32 Å². The molecule has 2 aliphatic carbocycles. The molecule has 1 aliphatic heterocycles. The van der Waals surface area contributed by atoms with Crippen molar-refractivity contribution < 1.29 is 18.7 Å². The summed E-state index contributed by atoms with van der Waals surface area (Å²) in [7, 11) is 0. The second-order valence-corrected chi connectivity index (χ2v) is 7.84. The summed E-state index contributed by atoms with van der Waals surface area (Å²) in [5.74, 6) is -0.550. The summed E-state index contributed by atoms with van der Waals surface area (Å²) in [6.07, 6.45) is 3.39. The number of aromatic carboxylic acids is 1. The molecule has 2 aromatic carbocycles. The maximum atomic E-state index is 14.5. The minimum Gasteiger partial charge on any atom is -0.478 e. The molecule has 2 fully saturated rings. The minimum atomic E-state index is -0.960. The van der Waals surface area contributed by atoms with Crippen molar-refractivity contribution in [1.82, 2.24) is 0 Å². The highest BCUT2D eigenvalue weighted by atomic mass is 19.1. The molecule has 1 heterocycles. The summed E-state index contributed by atoms with van der Waals surface area (Å²) in [5.41, 5.74) is 2.39. The normalized spacial score (nSPS) is 31.2. The topological polar surface area (TPSA) is 49.3 Å². The molecule has 0 saturated heterocycles. The Morgan fingerprint density at radius 1 is 1.08 bits per heavy atom. The Morgan fingerprint density at radius 3 is 2.54 bits per heavy atom. The summed E-state index contributed by atoms with van der Waals surface area (Å²) < 4.78 is 28.4. The molecular weight excluding hydrogens is 336 g/mol. The van der Waals surface area contributed by atoms with Crippen molar-refractivity contribution in [3.8, 4) is 0 Å². The summed E-state index contributed by atoms with van der Waals surface area (Å²) in [6.45, 7) is 0. The Hall–Kier alpha value is -2.43. The molecule has 2 saturated carbocycles. The maximum absolute atomic E-state index is 14.5. The Morgan fingerprint density at radius 2 is 1.81 bits per heavy atom. The molecule has 5 atom stereocenters. The number of anilines is 1. The first-order chi connectivity index (χ1) is 12.5. The van der Waals surface area contributed by atoms with Gasteiger partial charge in [0.15, 0.2) is 0 Å². The van der Waals surface area contributed by atoms with Gasteiger partial charge < -0.3 is 10.4 Å². The maximum Gasteiger partial charge on any atom is 0.335 e. The number of fused-ring (bicyclic) bond motifs is 7. The molecule has 0 aromatic heterocycles. The van der Waals surface area contributed by atoms with E-state index in [0.717, 1.165) is 36.5 Å². The molecule has 134 valence electrons. The standard InChI is InChI=1S/C21H19F2NO2/c22-14-8-15-17-12-5-6-13(7-12)18(17)19(24-20(15)16(23)9-14)10-1-3-11(4-2-10)21(25)26/h1-4,8-9,12-13,17-19,24H,5-7H2,(H,25,26)/t12-,13-,17-,18-,19-/m0/s1. The molecule has 0 spiro atoms. The van der Waals surface area contributed by atoms with Crippen molar-refractivity contribution in [3.63, 3.8) is 0 Å². The van der Waals surface area contributed by atoms with Crippen molar-refractivity contribution in [2.45, 2.75) is 31.2 Å². The Kier molecular flexibility index (Phi) is 3.36. The van der Waals surface area contributed by atoms with Gasteiger partial charge in [-0.1, -0.05) is 12.1 Å². The first kappa shape index (κ1) is 15.8. The number of halogens is 2. The van der Waals surface area contributed by atoms with E-state index in [-0.39, 0.29) is 23.4 Å². The smallest absolute Gasteiger partial charge is 0.335 e. The van der Waals surface area contributed by atoms with Crippen LogP contribution in [0.5, 0.6) is 0 Å². The van der Waals surface area contributed by atoms with Crippen LogP contribution in [0.4, 0.5) is 14.5 Å². The molecule has 5 heteroatoms. The van der Waals surface area contributed by atoms with Crippen LogP contribution in [0.15, 0.2) is 36.4 Å². The lowest BCUT2D eigenvalue weighted by atomic mass is 9.68. The Bertz CT molecular complexity index is 896. The van der Waals surface area contributed by atoms with Crippen molar-refractivity contribution in [1.29, 1.82) is 0 Å². The van der Waals surface area contributed by atoms with E-state index in [0.29, 0.717) is 17.5 Å². The zero-order chi connectivity index (χ0) is 18.0. The van der Waals surface area contributed by atoms with E-state index in [4.69, 9.17) is 5.11 Å². The van der Waals surface area contributed by atoms with Crippen LogP contribution in [0.1, 0.15) is 52.7 Å². The second kappa shape index (κ2) is 5.53. The number of carboxylic acid groups (broad SMARTS) is 1. The number of hydrogen-bond donors (Lipinski definition) is 2. The van der Waals surface area contributed by atoms with Gasteiger partial charge in [-0.3, -0.25) is 0 Å². The number of benzene rings is 2. The highest BCUT2D eigenvalue weighted by Gasteiger charge is 2.54. The molecule has 3 aliphatic rings. The van der Waals surface area contributed by atoms with E-state index >= 15 is 0 Å². The molecule has 0 radical (unpaired) electrons. The van der Waals surface area contributed by atoms with Gasteiger partial charge in [-0.25, -0.2) is 13.6 Å². The predicted molar refractivity (Wildman–Crippen MR) is 93.2 cm³/mol. The average Bonchev–Trinajstić information content (AvgIpc) is 3.23. The van der Waals surface area contributed by atoms with E-state index < -0.39 is 17.6 Å². The average molecular weight is 355 g/mol. The van der Waals surface area contributed by atoms with Crippen molar-refractivity contribution in [3.05, 3.63) is 64.7 Å². The van der Waals surface area contributed by atoms with Crippen LogP contribution in [0.25, 0.3) is 0 Å². The molecule has 0 amide bonds. The molecule has 2 N–H and O–H groups in total. The van der Waals surface area contributed by atoms with E-state index in [2.05, 4.69) is 5.32 Å². The van der Waals surface area contributed by atoms with Gasteiger partial charge in [-0.15, -0.1) is 0 Å². The van der Waals surface area contributed by atoms with Crippen LogP contribution in [-0.2, 0) is 0 Å². The molecule has 0 unspecified atom stereocenters. The third kappa shape index (κ3) is 2.19. The molecule has 26 heavy (non-hydrogen) atoms. The van der Waals surface area contributed by atoms with E-state index in [1.165, 1.54) is 6.07 Å². The van der Waals surface area contributed by atoms with Gasteiger partial charge in [0.25, 0.3) is 0 Å². The third-order valence-corrected chi connectivity index (χ3v) is 6.63. The quantitative estimate of drug-likeness (QED) is 0.800. The van der Waals surface area contributed by atoms with Gasteiger partial charge in [-0.05, 0) is 72.3 Å². The molecule has 5 rings (SSSR count). The monoisotopic (exact) mass is 355 g/mol. The molecular formula is C21H19F2NO2. The Balaban J connectivity index is 1.61. The number of hydrogen-bond acceptors (Lipinski definition) is 2. The number of carbonyl (C=O) groups is 1. The van der Waals surface area contributed by atoms with Crippen LogP contribution in [0.2, 0.25) is 0 Å². The second-order valence-electron chi connectivity index (χ2n) is 7.84. The lowest BCUT2D eigenvalue weighted by Crippen LogP contribution is -2.36. The fraction of sp³-hybridized carbons (Fsp3) is 0.381. The fourth-order valence-electron chi connectivity index (χ4n) is 5.68. The lowest BCUT2D eigenvalue weighted by Gasteiger charge is -2.43. The Labute approximate surface area is 150 Å². The van der Waals surface area contributed by atoms with Gasteiger partial charge >= 0.3 is 5.97 Å². The van der Waals surface area contributed by atoms with Crippen LogP contribution in [-0.4, -0.2) is 11.1 Å². The van der Waals surface area contributed by atoms with Crippen molar-refractivity contribution in [2.24, 2.45) is 17.8 Å². The van der Waals surface area contributed by atoms with E-state index in [1.54, 1.807) is 12.1 Å². The van der Waals surface area contributed by atoms with Gasteiger partial charge in [0.05, 0.1) is 17.3 Å². The zero-order valence-electron chi connectivity index (χ0n) is 14.1. The highest BCUT2D eigenvalue weighted by Crippen LogP contribution is 2.63. The number of rotatable bonds is 2. The summed E-state index contributed by atoms with van der Waals surface area (Å²) in [4.78, 5) is 11.1. The molecule has 2 bridgehead atoms. The third-order valence-electron chi connectivity index (χ3n) is 6.63. The van der Waals surface area contributed by atoms with Gasteiger partial charge in [0.2, 0.25) is 0 Å². The fourth-order valence-corrected chi connectivity index (χ4v) is 5.68. The number of nitrogens with one attached hydrogen (secondary N) is 1. The number of carboxylic acids is 1. The molecule has 2 aromatic rings. The first-order valence-electron chi connectivity index (χ1n) is 9.11. The molecule has 3 nitrogen and oxygen atoms in total. The van der Waals surface area contributed by atoms with Gasteiger partial charge in [0.1, 0.15) is 11.6 Å². The van der Waals surface area contributed by atoms with Crippen molar-refractivity contribution in [2.75, 3.05) is 5.32 Å². The summed E-state index contributed by atoms with van der Waals surface area (Å²) in [5, 5.41) is 12.4. The summed E-state index contributed by atoms with van der Waals surface area (Å²) in [6, 6.07) is 9.17. The van der Waals surface area contributed by atoms with Gasteiger partial charge in [0, 0.05) is 6.07 Å². The largest absolute Gasteiger partial charge is 0.478 e. The van der Waals surface area contributed by atoms with Crippen LogP contribution in [0.3, 0.4) is 0 Å². The van der Waals surface area contributed by atoms with Crippen molar-refractivity contribution >= 4 is 11.7 Å². The minimum absolute atomic E-state index is 0.0781. The summed E-state index contributed by atoms with van der Waals surface area (Å²) >= 11 is 0. The highest BCUT2D eigenvalue weighted by molar-refractivity contribution is 5.87. The lowest BCUT2D eigenvalue weighted by molar-refractivity contribution is 0.0697. The first-order valence-corrected chi connectivity index (χ1v) is 9.11. The van der Waals surface area contributed by atoms with Crippen LogP contribution >= 0.6 is 0 Å². The zero-order valence-corrected chi connectivity index (χ0v) is 14.1.